The molecule has 1 aliphatic heterocycles. The third kappa shape index (κ3) is 3.78. The van der Waals surface area contributed by atoms with Gasteiger partial charge in [-0.1, -0.05) is 0 Å². The number of nitrogens with two attached hydrogens (primary N) is 1. The number of hydrogen-bond acceptors (Lipinski definition) is 9. The lowest BCUT2D eigenvalue weighted by molar-refractivity contribution is -0.0504. The maximum Gasteiger partial charge on any atom is 0.403 e. The SMILES string of the molecule is Nc1ncnc2c1ncn2C1OC(COP(=O)(O)NC23CC4CC(CC(C4)C2)C3)C(O)C1O. The molecule has 4 aliphatic carbocycles. The third-order valence-corrected chi connectivity index (χ3v) is 9.08. The summed E-state index contributed by atoms with van der Waals surface area (Å²) in [5.74, 6) is 2.02. The van der Waals surface area contributed by atoms with Crippen molar-refractivity contribution in [3.63, 3.8) is 0 Å². The van der Waals surface area contributed by atoms with Crippen molar-refractivity contribution < 1.29 is 28.9 Å². The molecule has 33 heavy (non-hydrogen) atoms. The average molecular weight is 480 g/mol. The highest BCUT2D eigenvalue weighted by Gasteiger charge is 2.53. The van der Waals surface area contributed by atoms with Crippen LogP contribution in [0.1, 0.15) is 44.8 Å². The number of fused-ring (bicyclic) bond motifs is 1. The maximum absolute atomic E-state index is 12.9. The summed E-state index contributed by atoms with van der Waals surface area (Å²) in [7, 11) is -4.14. The van der Waals surface area contributed by atoms with E-state index in [1.54, 1.807) is 0 Å². The van der Waals surface area contributed by atoms with Crippen molar-refractivity contribution in [2.75, 3.05) is 12.3 Å². The molecule has 2 aromatic rings. The Morgan fingerprint density at radius 3 is 2.48 bits per heavy atom. The summed E-state index contributed by atoms with van der Waals surface area (Å²) in [5.41, 5.74) is 6.15. The fourth-order valence-electron chi connectivity index (χ4n) is 6.91. The van der Waals surface area contributed by atoms with Gasteiger partial charge in [-0.2, -0.15) is 0 Å². The minimum Gasteiger partial charge on any atom is -0.387 e. The van der Waals surface area contributed by atoms with E-state index in [0.717, 1.165) is 19.3 Å². The van der Waals surface area contributed by atoms with Crippen molar-refractivity contribution in [1.29, 1.82) is 0 Å². The van der Waals surface area contributed by atoms with Crippen LogP contribution in [0.2, 0.25) is 0 Å². The molecule has 0 radical (unpaired) electrons. The molecule has 7 rings (SSSR count). The standard InChI is InChI=1S/C20H29N6O6P/c21-17-14-18(23-8-22-17)26(9-24-14)19-16(28)15(27)13(32-19)7-31-33(29,30)25-20-4-10-1-11(5-20)3-12(2-10)6-20/h8-13,15-16,19,27-28H,1-7H2,(H2,21,22,23)(H2,25,29,30). The Balaban J connectivity index is 1.13. The van der Waals surface area contributed by atoms with Crippen molar-refractivity contribution in [2.45, 2.75) is 68.6 Å². The molecule has 5 unspecified atom stereocenters. The number of rotatable bonds is 6. The molecule has 4 bridgehead atoms. The number of nitrogen functional groups attached to an aromatic ring is 1. The van der Waals surface area contributed by atoms with E-state index in [0.29, 0.717) is 28.9 Å². The Morgan fingerprint density at radius 2 is 1.82 bits per heavy atom. The Kier molecular flexibility index (Phi) is 5.08. The Morgan fingerprint density at radius 1 is 1.15 bits per heavy atom. The maximum atomic E-state index is 12.9. The number of ether oxygens (including phenoxy) is 1. The summed E-state index contributed by atoms with van der Waals surface area (Å²) in [6, 6.07) is 0. The van der Waals surface area contributed by atoms with Gasteiger partial charge in [-0.25, -0.2) is 24.6 Å². The molecule has 0 aromatic carbocycles. The minimum absolute atomic E-state index is 0.184. The summed E-state index contributed by atoms with van der Waals surface area (Å²) < 4.78 is 25.6. The van der Waals surface area contributed by atoms with E-state index in [1.807, 2.05) is 0 Å². The molecule has 12 nitrogen and oxygen atoms in total. The van der Waals surface area contributed by atoms with Crippen LogP contribution in [0.5, 0.6) is 0 Å². The molecule has 6 N–H and O–H groups in total. The second-order valence-corrected chi connectivity index (χ2v) is 11.8. The molecule has 5 fully saturated rings. The molecular weight excluding hydrogens is 451 g/mol. The van der Waals surface area contributed by atoms with Gasteiger partial charge in [0, 0.05) is 5.54 Å². The molecule has 4 saturated carbocycles. The quantitative estimate of drug-likeness (QED) is 0.368. The number of aromatic nitrogens is 4. The molecule has 180 valence electrons. The van der Waals surface area contributed by atoms with Gasteiger partial charge in [0.25, 0.3) is 0 Å². The lowest BCUT2D eigenvalue weighted by Crippen LogP contribution is -2.57. The van der Waals surface area contributed by atoms with Gasteiger partial charge in [0.15, 0.2) is 17.7 Å². The summed E-state index contributed by atoms with van der Waals surface area (Å²) in [5, 5.41) is 24.0. The number of nitrogens with zero attached hydrogens (tertiary/aromatic N) is 4. The molecule has 0 amide bonds. The lowest BCUT2D eigenvalue weighted by atomic mass is 9.53. The van der Waals surface area contributed by atoms with Crippen LogP contribution in [0.4, 0.5) is 5.82 Å². The van der Waals surface area contributed by atoms with Gasteiger partial charge >= 0.3 is 7.75 Å². The fourth-order valence-corrected chi connectivity index (χ4v) is 8.19. The second kappa shape index (κ2) is 7.67. The number of anilines is 1. The molecule has 1 saturated heterocycles. The van der Waals surface area contributed by atoms with E-state index >= 15 is 0 Å². The monoisotopic (exact) mass is 480 g/mol. The van der Waals surface area contributed by atoms with Crippen LogP contribution in [-0.2, 0) is 13.8 Å². The first-order chi connectivity index (χ1) is 15.7. The van der Waals surface area contributed by atoms with Gasteiger partial charge in [0.1, 0.15) is 30.2 Å². The van der Waals surface area contributed by atoms with Crippen LogP contribution >= 0.6 is 7.75 Å². The Labute approximate surface area is 190 Å². The average Bonchev–Trinajstić information content (AvgIpc) is 3.27. The Bertz CT molecular complexity index is 1080. The normalized spacial score (nSPS) is 41.6. The number of hydrogen-bond donors (Lipinski definition) is 5. The van der Waals surface area contributed by atoms with Gasteiger partial charge < -0.3 is 25.6 Å². The first-order valence-corrected chi connectivity index (χ1v) is 13.0. The van der Waals surface area contributed by atoms with E-state index < -0.39 is 32.3 Å². The third-order valence-electron chi connectivity index (χ3n) is 7.83. The zero-order valence-electron chi connectivity index (χ0n) is 18.0. The summed E-state index contributed by atoms with van der Waals surface area (Å²) in [6.07, 6.45) is 4.35. The fraction of sp³-hybridized carbons (Fsp3) is 0.750. The number of imidazole rings is 1. The van der Waals surface area contributed by atoms with Crippen LogP contribution in [0.25, 0.3) is 11.2 Å². The van der Waals surface area contributed by atoms with Gasteiger partial charge in [-0.3, -0.25) is 9.09 Å². The van der Waals surface area contributed by atoms with E-state index in [1.165, 1.54) is 36.5 Å². The molecule has 13 heteroatoms. The van der Waals surface area contributed by atoms with E-state index in [4.69, 9.17) is 15.0 Å². The predicted molar refractivity (Wildman–Crippen MR) is 115 cm³/mol. The topological polar surface area (TPSA) is 178 Å². The predicted octanol–water partition coefficient (Wildman–Crippen LogP) is 0.703. The molecule has 2 aromatic heterocycles. The van der Waals surface area contributed by atoms with Crippen molar-refractivity contribution in [3.05, 3.63) is 12.7 Å². The van der Waals surface area contributed by atoms with Crippen molar-refractivity contribution >= 4 is 24.7 Å². The molecule has 0 spiro atoms. The smallest absolute Gasteiger partial charge is 0.387 e. The van der Waals surface area contributed by atoms with Gasteiger partial charge in [-0.15, -0.1) is 0 Å². The number of aliphatic hydroxyl groups excluding tert-OH is 2. The van der Waals surface area contributed by atoms with Crippen LogP contribution in [-0.4, -0.2) is 65.1 Å². The van der Waals surface area contributed by atoms with E-state index in [-0.39, 0.29) is 18.0 Å². The number of nitrogens with one attached hydrogen (secondary N) is 1. The molecule has 5 aliphatic rings. The van der Waals surface area contributed by atoms with Crippen LogP contribution in [0.3, 0.4) is 0 Å². The highest BCUT2D eigenvalue weighted by atomic mass is 31.2. The second-order valence-electron chi connectivity index (χ2n) is 10.3. The van der Waals surface area contributed by atoms with E-state index in [2.05, 4.69) is 20.0 Å². The highest BCUT2D eigenvalue weighted by molar-refractivity contribution is 7.50. The molecule has 5 atom stereocenters. The van der Waals surface area contributed by atoms with Crippen molar-refractivity contribution in [3.8, 4) is 0 Å². The summed E-state index contributed by atoms with van der Waals surface area (Å²) in [4.78, 5) is 22.7. The first kappa shape index (κ1) is 21.8. The first-order valence-electron chi connectivity index (χ1n) is 11.4. The largest absolute Gasteiger partial charge is 0.403 e. The van der Waals surface area contributed by atoms with Crippen LogP contribution in [0.15, 0.2) is 12.7 Å². The highest BCUT2D eigenvalue weighted by Crippen LogP contribution is 2.58. The van der Waals surface area contributed by atoms with Gasteiger partial charge in [0.05, 0.1) is 12.9 Å². The molecule has 3 heterocycles. The van der Waals surface area contributed by atoms with Crippen LogP contribution in [0, 0.1) is 17.8 Å². The van der Waals surface area contributed by atoms with Crippen molar-refractivity contribution in [2.24, 2.45) is 17.8 Å². The van der Waals surface area contributed by atoms with Gasteiger partial charge in [0.2, 0.25) is 0 Å². The zero-order chi connectivity index (χ0) is 23.0. The Hall–Kier alpha value is -1.66. The van der Waals surface area contributed by atoms with Gasteiger partial charge in [-0.05, 0) is 56.3 Å². The van der Waals surface area contributed by atoms with E-state index in [9.17, 15) is 19.7 Å². The molecular formula is C20H29N6O6P. The minimum atomic E-state index is -4.14. The lowest BCUT2D eigenvalue weighted by Gasteiger charge is -2.57. The summed E-state index contributed by atoms with van der Waals surface area (Å²) in [6.45, 7) is -0.356. The number of aliphatic hydroxyl groups is 2. The van der Waals surface area contributed by atoms with Crippen LogP contribution < -0.4 is 10.8 Å². The van der Waals surface area contributed by atoms with Crippen molar-refractivity contribution in [1.82, 2.24) is 24.6 Å². The zero-order valence-corrected chi connectivity index (χ0v) is 18.9. The summed E-state index contributed by atoms with van der Waals surface area (Å²) >= 11 is 0.